The topological polar surface area (TPSA) is 130 Å². The molecule has 0 unspecified atom stereocenters. The number of fused-ring (bicyclic) bond motifs is 1. The molecule has 3 heterocycles. The average molecular weight is 402 g/mol. The first-order valence-corrected chi connectivity index (χ1v) is 9.60. The Hall–Kier alpha value is -3.14. The second-order valence-corrected chi connectivity index (χ2v) is 6.33. The second kappa shape index (κ2) is 9.87. The van der Waals surface area contributed by atoms with E-state index in [2.05, 4.69) is 26.9 Å². The molecule has 0 aliphatic rings. The van der Waals surface area contributed by atoms with Gasteiger partial charge in [-0.2, -0.15) is 15.0 Å². The van der Waals surface area contributed by atoms with Crippen molar-refractivity contribution in [1.82, 2.24) is 24.5 Å². The van der Waals surface area contributed by atoms with E-state index in [1.54, 1.807) is 16.8 Å². The standard InChI is InChI=1S/C19H26N6O4/c1-3-4-10-29-18-23-16(20)15-17(24-18)25(19(22-15)27-2)13-7-8-14(21-12-13)28-11-6-5-9-26/h7-8,12,26H,3-6,9-11H2,1-2H3,(H2,20,23,24). The number of rotatable bonds is 11. The van der Waals surface area contributed by atoms with Gasteiger partial charge in [0.2, 0.25) is 5.88 Å². The van der Waals surface area contributed by atoms with Crippen molar-refractivity contribution in [3.8, 4) is 23.6 Å². The maximum absolute atomic E-state index is 8.82. The smallest absolute Gasteiger partial charge is 0.320 e. The zero-order chi connectivity index (χ0) is 20.6. The van der Waals surface area contributed by atoms with Gasteiger partial charge in [-0.15, -0.1) is 0 Å². The Balaban J connectivity index is 1.90. The summed E-state index contributed by atoms with van der Waals surface area (Å²) in [6.07, 6.45) is 5.00. The van der Waals surface area contributed by atoms with Crippen molar-refractivity contribution in [2.24, 2.45) is 0 Å². The highest BCUT2D eigenvalue weighted by atomic mass is 16.5. The number of aliphatic hydroxyl groups is 1. The molecule has 0 bridgehead atoms. The molecule has 0 aliphatic carbocycles. The summed E-state index contributed by atoms with van der Waals surface area (Å²) >= 11 is 0. The largest absolute Gasteiger partial charge is 0.478 e. The van der Waals surface area contributed by atoms with E-state index in [1.807, 2.05) is 6.07 Å². The Kier molecular flexibility index (Phi) is 7.01. The zero-order valence-corrected chi connectivity index (χ0v) is 16.7. The second-order valence-electron chi connectivity index (χ2n) is 6.33. The minimum atomic E-state index is 0.151. The van der Waals surface area contributed by atoms with Crippen LogP contribution in [0.15, 0.2) is 18.3 Å². The molecule has 3 rings (SSSR count). The van der Waals surface area contributed by atoms with Gasteiger partial charge >= 0.3 is 12.0 Å². The number of unbranched alkanes of at least 4 members (excludes halogenated alkanes) is 2. The number of anilines is 1. The van der Waals surface area contributed by atoms with Crippen LogP contribution in [-0.4, -0.2) is 56.5 Å². The molecule has 0 saturated heterocycles. The number of nitrogens with zero attached hydrogens (tertiary/aromatic N) is 5. The Bertz CT molecular complexity index is 929. The van der Waals surface area contributed by atoms with E-state index in [0.29, 0.717) is 48.4 Å². The number of nitrogen functional groups attached to an aromatic ring is 1. The van der Waals surface area contributed by atoms with Crippen LogP contribution in [0.3, 0.4) is 0 Å². The van der Waals surface area contributed by atoms with Crippen LogP contribution >= 0.6 is 0 Å². The summed E-state index contributed by atoms with van der Waals surface area (Å²) in [5.74, 6) is 0.711. The lowest BCUT2D eigenvalue weighted by molar-refractivity contribution is 0.249. The van der Waals surface area contributed by atoms with Crippen LogP contribution in [0.25, 0.3) is 16.9 Å². The summed E-state index contributed by atoms with van der Waals surface area (Å²) < 4.78 is 18.3. The zero-order valence-electron chi connectivity index (χ0n) is 16.7. The molecule has 0 saturated carbocycles. The number of nitrogens with two attached hydrogens (primary N) is 1. The van der Waals surface area contributed by atoms with Crippen LogP contribution in [-0.2, 0) is 0 Å². The van der Waals surface area contributed by atoms with Gasteiger partial charge in [0.05, 0.1) is 32.2 Å². The van der Waals surface area contributed by atoms with Crippen LogP contribution in [0.1, 0.15) is 32.6 Å². The Morgan fingerprint density at radius 2 is 1.90 bits per heavy atom. The predicted molar refractivity (Wildman–Crippen MR) is 108 cm³/mol. The maximum atomic E-state index is 8.82. The van der Waals surface area contributed by atoms with Crippen molar-refractivity contribution in [2.45, 2.75) is 32.6 Å². The fourth-order valence-corrected chi connectivity index (χ4v) is 2.66. The molecule has 156 valence electrons. The van der Waals surface area contributed by atoms with Gasteiger partial charge in [0.1, 0.15) is 0 Å². The van der Waals surface area contributed by atoms with E-state index in [-0.39, 0.29) is 18.4 Å². The van der Waals surface area contributed by atoms with E-state index < -0.39 is 0 Å². The third-order valence-corrected chi connectivity index (χ3v) is 4.18. The van der Waals surface area contributed by atoms with E-state index in [9.17, 15) is 0 Å². The van der Waals surface area contributed by atoms with Crippen molar-refractivity contribution in [1.29, 1.82) is 0 Å². The summed E-state index contributed by atoms with van der Waals surface area (Å²) in [7, 11) is 1.52. The van der Waals surface area contributed by atoms with Crippen molar-refractivity contribution in [3.05, 3.63) is 18.3 Å². The highest BCUT2D eigenvalue weighted by Gasteiger charge is 2.19. The summed E-state index contributed by atoms with van der Waals surface area (Å²) in [6, 6.07) is 4.09. The highest BCUT2D eigenvalue weighted by Crippen LogP contribution is 2.29. The molecule has 0 atom stereocenters. The first-order chi connectivity index (χ1) is 14.2. The minimum Gasteiger partial charge on any atom is -0.478 e. The average Bonchev–Trinajstić information content (AvgIpc) is 3.11. The third kappa shape index (κ3) is 4.83. The lowest BCUT2D eigenvalue weighted by Crippen LogP contribution is -2.06. The van der Waals surface area contributed by atoms with Gasteiger partial charge in [-0.25, -0.2) is 9.55 Å². The van der Waals surface area contributed by atoms with Crippen LogP contribution in [0.4, 0.5) is 5.82 Å². The third-order valence-electron chi connectivity index (χ3n) is 4.18. The highest BCUT2D eigenvalue weighted by molar-refractivity contribution is 5.84. The Morgan fingerprint density at radius 1 is 1.07 bits per heavy atom. The van der Waals surface area contributed by atoms with Crippen LogP contribution in [0.2, 0.25) is 0 Å². The van der Waals surface area contributed by atoms with Crippen LogP contribution in [0.5, 0.6) is 17.9 Å². The van der Waals surface area contributed by atoms with Gasteiger partial charge in [-0.05, 0) is 25.3 Å². The monoisotopic (exact) mass is 402 g/mol. The molecule has 29 heavy (non-hydrogen) atoms. The number of methoxy groups -OCH3 is 1. The minimum absolute atomic E-state index is 0.151. The molecule has 3 aromatic rings. The quantitative estimate of drug-likeness (QED) is 0.463. The van der Waals surface area contributed by atoms with Gasteiger partial charge in [0, 0.05) is 12.7 Å². The van der Waals surface area contributed by atoms with Gasteiger partial charge in [-0.1, -0.05) is 13.3 Å². The molecule has 0 aliphatic heterocycles. The first-order valence-electron chi connectivity index (χ1n) is 9.60. The number of imidazole rings is 1. The molecule has 0 amide bonds. The molecule has 0 aromatic carbocycles. The number of aromatic nitrogens is 5. The van der Waals surface area contributed by atoms with Crippen LogP contribution in [0, 0.1) is 0 Å². The number of hydrogen-bond acceptors (Lipinski definition) is 9. The molecule has 10 heteroatoms. The molecule has 10 nitrogen and oxygen atoms in total. The Morgan fingerprint density at radius 3 is 2.59 bits per heavy atom. The van der Waals surface area contributed by atoms with E-state index >= 15 is 0 Å². The summed E-state index contributed by atoms with van der Waals surface area (Å²) in [4.78, 5) is 17.4. The SMILES string of the molecule is CCCCOc1nc(N)c2nc(OC)n(-c3ccc(OCCCCO)nc3)c2n1. The summed E-state index contributed by atoms with van der Waals surface area (Å²) in [6.45, 7) is 3.23. The number of hydrogen-bond donors (Lipinski definition) is 2. The van der Waals surface area contributed by atoms with Crippen LogP contribution < -0.4 is 19.9 Å². The number of aliphatic hydroxyl groups excluding tert-OH is 1. The molecule has 0 spiro atoms. The fourth-order valence-electron chi connectivity index (χ4n) is 2.66. The van der Waals surface area contributed by atoms with Crippen molar-refractivity contribution in [3.63, 3.8) is 0 Å². The molecule has 3 N–H and O–H groups in total. The van der Waals surface area contributed by atoms with E-state index in [0.717, 1.165) is 19.3 Å². The van der Waals surface area contributed by atoms with Gasteiger partial charge in [0.25, 0.3) is 0 Å². The van der Waals surface area contributed by atoms with Gasteiger partial charge < -0.3 is 25.1 Å². The maximum Gasteiger partial charge on any atom is 0.320 e. The van der Waals surface area contributed by atoms with E-state index in [4.69, 9.17) is 25.1 Å². The lowest BCUT2D eigenvalue weighted by Gasteiger charge is -2.09. The molecule has 3 aromatic heterocycles. The lowest BCUT2D eigenvalue weighted by atomic mass is 10.3. The van der Waals surface area contributed by atoms with Crippen molar-refractivity contribution in [2.75, 3.05) is 32.7 Å². The Labute approximate surface area is 168 Å². The molecule has 0 radical (unpaired) electrons. The fraction of sp³-hybridized carbons (Fsp3) is 0.474. The van der Waals surface area contributed by atoms with Gasteiger partial charge in [-0.3, -0.25) is 0 Å². The van der Waals surface area contributed by atoms with Gasteiger partial charge in [0.15, 0.2) is 17.0 Å². The molecular weight excluding hydrogens is 376 g/mol. The van der Waals surface area contributed by atoms with Crippen molar-refractivity contribution >= 4 is 17.0 Å². The normalized spacial score (nSPS) is 11.0. The first kappa shape index (κ1) is 20.6. The van der Waals surface area contributed by atoms with Crippen molar-refractivity contribution < 1.29 is 19.3 Å². The van der Waals surface area contributed by atoms with E-state index in [1.165, 1.54) is 7.11 Å². The summed E-state index contributed by atoms with van der Waals surface area (Å²) in [5, 5.41) is 8.82. The molecule has 0 fully saturated rings. The number of pyridine rings is 1. The molecular formula is C19H26N6O4. The predicted octanol–water partition coefficient (Wildman–Crippen LogP) is 2.13. The number of ether oxygens (including phenoxy) is 3. The summed E-state index contributed by atoms with van der Waals surface area (Å²) in [5.41, 5.74) is 7.65.